The molecule has 4 heteroatoms. The predicted molar refractivity (Wildman–Crippen MR) is 79.7 cm³/mol. The van der Waals surface area contributed by atoms with E-state index in [1.54, 1.807) is 0 Å². The maximum Gasteiger partial charge on any atom is 0.573 e. The molecule has 1 nitrogen and oxygen atoms in total. The summed E-state index contributed by atoms with van der Waals surface area (Å²) in [7, 11) is 0. The third-order valence-electron chi connectivity index (χ3n) is 3.70. The van der Waals surface area contributed by atoms with Crippen LogP contribution in [0, 0.1) is 5.92 Å². The highest BCUT2D eigenvalue weighted by molar-refractivity contribution is 5.39. The van der Waals surface area contributed by atoms with Crippen LogP contribution >= 0.6 is 0 Å². The normalized spacial score (nSPS) is 14.4. The topological polar surface area (TPSA) is 9.23 Å². The van der Waals surface area contributed by atoms with Gasteiger partial charge in [0.1, 0.15) is 5.75 Å². The zero-order valence-electron chi connectivity index (χ0n) is 13.6. The Balaban J connectivity index is 3.34. The summed E-state index contributed by atoms with van der Waals surface area (Å²) in [6, 6.07) is 5.03. The summed E-state index contributed by atoms with van der Waals surface area (Å²) in [5, 5.41) is 0. The van der Waals surface area contributed by atoms with Crippen molar-refractivity contribution < 1.29 is 17.9 Å². The summed E-state index contributed by atoms with van der Waals surface area (Å²) in [5.74, 6) is 0.468. The summed E-state index contributed by atoms with van der Waals surface area (Å²) in [6.45, 7) is 12.2. The van der Waals surface area contributed by atoms with Crippen LogP contribution in [0.5, 0.6) is 5.75 Å². The van der Waals surface area contributed by atoms with Gasteiger partial charge in [-0.05, 0) is 46.9 Å². The molecule has 1 unspecified atom stereocenters. The lowest BCUT2D eigenvalue weighted by molar-refractivity contribution is -0.274. The number of hydrogen-bond donors (Lipinski definition) is 0. The molecule has 1 aromatic rings. The molecular formula is C17H25F3O. The Labute approximate surface area is 125 Å². The van der Waals surface area contributed by atoms with E-state index in [2.05, 4.69) is 25.5 Å². The third kappa shape index (κ3) is 5.25. The van der Waals surface area contributed by atoms with Crippen LogP contribution in [-0.4, -0.2) is 6.36 Å². The van der Waals surface area contributed by atoms with Gasteiger partial charge in [0.2, 0.25) is 0 Å². The van der Waals surface area contributed by atoms with Crippen LogP contribution in [0.2, 0.25) is 0 Å². The van der Waals surface area contributed by atoms with E-state index < -0.39 is 6.36 Å². The molecule has 0 aliphatic rings. The summed E-state index contributed by atoms with van der Waals surface area (Å²) >= 11 is 0. The van der Waals surface area contributed by atoms with Gasteiger partial charge >= 0.3 is 6.36 Å². The summed E-state index contributed by atoms with van der Waals surface area (Å²) in [5.41, 5.74) is 1.55. The zero-order valence-corrected chi connectivity index (χ0v) is 13.6. The molecule has 0 saturated heterocycles. The highest BCUT2D eigenvalue weighted by atomic mass is 19.4. The summed E-state index contributed by atoms with van der Waals surface area (Å²) < 4.78 is 41.7. The van der Waals surface area contributed by atoms with Gasteiger partial charge in [0.25, 0.3) is 0 Å². The molecule has 0 aromatic heterocycles. The first-order chi connectivity index (χ1) is 9.44. The molecule has 0 heterocycles. The number of hydrogen-bond acceptors (Lipinski definition) is 1. The summed E-state index contributed by atoms with van der Waals surface area (Å²) in [4.78, 5) is 0. The van der Waals surface area contributed by atoms with Crippen LogP contribution in [0.3, 0.4) is 0 Å². The molecule has 1 rings (SSSR count). The van der Waals surface area contributed by atoms with E-state index in [1.165, 1.54) is 12.1 Å². The number of ether oxygens (including phenoxy) is 1. The van der Waals surface area contributed by atoms with Crippen LogP contribution < -0.4 is 4.74 Å². The van der Waals surface area contributed by atoms with E-state index in [4.69, 9.17) is 0 Å². The largest absolute Gasteiger partial charge is 0.573 e. The first kappa shape index (κ1) is 17.9. The van der Waals surface area contributed by atoms with Crippen LogP contribution in [0.25, 0.3) is 0 Å². The lowest BCUT2D eigenvalue weighted by atomic mass is 9.81. The Bertz CT molecular complexity index is 470. The Hall–Kier alpha value is -1.19. The van der Waals surface area contributed by atoms with E-state index in [1.807, 2.05) is 26.8 Å². The van der Waals surface area contributed by atoms with Crippen molar-refractivity contribution in [1.29, 1.82) is 0 Å². The fraction of sp³-hybridized carbons (Fsp3) is 0.647. The van der Waals surface area contributed by atoms with Crippen molar-refractivity contribution in [2.45, 2.75) is 65.7 Å². The number of alkyl halides is 3. The SMILES string of the molecule is CCC(c1cc(OC(F)(F)F)cc(C(C)(C)C)c1)C(C)C. The van der Waals surface area contributed by atoms with E-state index in [0.717, 1.165) is 17.5 Å². The molecule has 1 atom stereocenters. The Morgan fingerprint density at radius 1 is 1.05 bits per heavy atom. The van der Waals surface area contributed by atoms with Gasteiger partial charge in [-0.15, -0.1) is 13.2 Å². The molecule has 0 fully saturated rings. The van der Waals surface area contributed by atoms with Gasteiger partial charge in [0.15, 0.2) is 0 Å². The molecule has 0 saturated carbocycles. The molecule has 1 aromatic carbocycles. The molecule has 0 bridgehead atoms. The van der Waals surface area contributed by atoms with Crippen molar-refractivity contribution in [1.82, 2.24) is 0 Å². The number of benzene rings is 1. The zero-order chi connectivity index (χ0) is 16.4. The van der Waals surface area contributed by atoms with E-state index in [-0.39, 0.29) is 17.1 Å². The van der Waals surface area contributed by atoms with Crippen molar-refractivity contribution in [3.63, 3.8) is 0 Å². The van der Waals surface area contributed by atoms with Crippen LogP contribution in [0.1, 0.15) is 65.0 Å². The van der Waals surface area contributed by atoms with Gasteiger partial charge in [-0.1, -0.05) is 47.6 Å². The van der Waals surface area contributed by atoms with Gasteiger partial charge in [0, 0.05) is 0 Å². The average molecular weight is 302 g/mol. The van der Waals surface area contributed by atoms with Crippen molar-refractivity contribution in [3.8, 4) is 5.75 Å². The lowest BCUT2D eigenvalue weighted by Crippen LogP contribution is -2.19. The molecule has 0 amide bonds. The standard InChI is InChI=1S/C17H25F3O/c1-7-15(11(2)3)12-8-13(16(4,5)6)10-14(9-12)21-17(18,19)20/h8-11,15H,7H2,1-6H3. The van der Waals surface area contributed by atoms with Crippen LogP contribution in [-0.2, 0) is 5.41 Å². The number of halogens is 3. The molecule has 120 valence electrons. The molecule has 0 radical (unpaired) electrons. The second kappa shape index (κ2) is 6.29. The Morgan fingerprint density at radius 3 is 2.00 bits per heavy atom. The fourth-order valence-electron chi connectivity index (χ4n) is 2.55. The maximum atomic E-state index is 12.5. The highest BCUT2D eigenvalue weighted by Crippen LogP contribution is 2.36. The third-order valence-corrected chi connectivity index (χ3v) is 3.70. The van der Waals surface area contributed by atoms with E-state index >= 15 is 0 Å². The molecule has 0 N–H and O–H groups in total. The highest BCUT2D eigenvalue weighted by Gasteiger charge is 2.32. The molecular weight excluding hydrogens is 277 g/mol. The molecule has 0 aliphatic carbocycles. The van der Waals surface area contributed by atoms with Crippen molar-refractivity contribution in [2.75, 3.05) is 0 Å². The van der Waals surface area contributed by atoms with Crippen LogP contribution in [0.4, 0.5) is 13.2 Å². The minimum absolute atomic E-state index is 0.121. The lowest BCUT2D eigenvalue weighted by Gasteiger charge is -2.26. The van der Waals surface area contributed by atoms with Gasteiger partial charge in [-0.2, -0.15) is 0 Å². The van der Waals surface area contributed by atoms with Gasteiger partial charge < -0.3 is 4.74 Å². The Morgan fingerprint density at radius 2 is 1.62 bits per heavy atom. The molecule has 0 aliphatic heterocycles. The van der Waals surface area contributed by atoms with Crippen molar-refractivity contribution in [3.05, 3.63) is 29.3 Å². The second-order valence-corrected chi connectivity index (χ2v) is 6.85. The molecule has 21 heavy (non-hydrogen) atoms. The minimum atomic E-state index is -4.66. The van der Waals surface area contributed by atoms with Crippen molar-refractivity contribution in [2.24, 2.45) is 5.92 Å². The van der Waals surface area contributed by atoms with Crippen LogP contribution in [0.15, 0.2) is 18.2 Å². The fourth-order valence-corrected chi connectivity index (χ4v) is 2.55. The smallest absolute Gasteiger partial charge is 0.406 e. The van der Waals surface area contributed by atoms with Gasteiger partial charge in [-0.3, -0.25) is 0 Å². The van der Waals surface area contributed by atoms with Gasteiger partial charge in [0.05, 0.1) is 0 Å². The minimum Gasteiger partial charge on any atom is -0.406 e. The number of rotatable bonds is 4. The summed E-state index contributed by atoms with van der Waals surface area (Å²) in [6.07, 6.45) is -3.77. The first-order valence-electron chi connectivity index (χ1n) is 7.35. The maximum absolute atomic E-state index is 12.5. The van der Waals surface area contributed by atoms with E-state index in [9.17, 15) is 13.2 Å². The second-order valence-electron chi connectivity index (χ2n) is 6.85. The predicted octanol–water partition coefficient (Wildman–Crippen LogP) is 6.03. The Kier molecular flexibility index (Phi) is 5.35. The average Bonchev–Trinajstić information content (AvgIpc) is 2.25. The first-order valence-corrected chi connectivity index (χ1v) is 7.35. The van der Waals surface area contributed by atoms with Gasteiger partial charge in [-0.25, -0.2) is 0 Å². The monoisotopic (exact) mass is 302 g/mol. The molecule has 0 spiro atoms. The van der Waals surface area contributed by atoms with Crippen molar-refractivity contribution >= 4 is 0 Å². The van der Waals surface area contributed by atoms with E-state index in [0.29, 0.717) is 5.92 Å². The quantitative estimate of drug-likeness (QED) is 0.659.